The number of ether oxygens (including phenoxy) is 2. The van der Waals surface area contributed by atoms with Crippen molar-refractivity contribution < 1.29 is 27.8 Å². The Labute approximate surface area is 150 Å². The Morgan fingerprint density at radius 2 is 2.08 bits per heavy atom. The first-order chi connectivity index (χ1) is 12.3. The summed E-state index contributed by atoms with van der Waals surface area (Å²) in [5, 5.41) is 4.62. The van der Waals surface area contributed by atoms with E-state index in [1.165, 1.54) is 12.1 Å². The van der Waals surface area contributed by atoms with Crippen LogP contribution >= 0.6 is 0 Å². The molecular weight excluding hydrogens is 348 g/mol. The number of carbonyl (C=O) groups is 2. The van der Waals surface area contributed by atoms with E-state index in [-0.39, 0.29) is 24.6 Å². The highest BCUT2D eigenvalue weighted by atomic mass is 19.3. The van der Waals surface area contributed by atoms with E-state index >= 15 is 0 Å². The zero-order chi connectivity index (χ0) is 19.5. The number of imide groups is 1. The Morgan fingerprint density at radius 3 is 2.69 bits per heavy atom. The Morgan fingerprint density at radius 1 is 1.35 bits per heavy atom. The number of carbonyl (C=O) groups excluding carboxylic acids is 2. The molecule has 0 unspecified atom stereocenters. The van der Waals surface area contributed by atoms with Crippen molar-refractivity contribution in [1.29, 1.82) is 0 Å². The molecule has 0 saturated carbocycles. The first-order valence-electron chi connectivity index (χ1n) is 7.93. The quantitative estimate of drug-likeness (QED) is 0.616. The van der Waals surface area contributed by atoms with Crippen LogP contribution in [0, 0.1) is 0 Å². The second-order valence-corrected chi connectivity index (χ2v) is 5.31. The minimum absolute atomic E-state index is 0.0270. The van der Waals surface area contributed by atoms with E-state index in [0.717, 1.165) is 5.56 Å². The summed E-state index contributed by atoms with van der Waals surface area (Å²) in [6, 6.07) is 3.97. The third-order valence-corrected chi connectivity index (χ3v) is 3.05. The van der Waals surface area contributed by atoms with Gasteiger partial charge in [0.25, 0.3) is 0 Å². The first-order valence-corrected chi connectivity index (χ1v) is 7.93. The van der Waals surface area contributed by atoms with Crippen molar-refractivity contribution in [2.45, 2.75) is 20.1 Å². The summed E-state index contributed by atoms with van der Waals surface area (Å²) in [5.41, 5.74) is 0.737. The summed E-state index contributed by atoms with van der Waals surface area (Å²) < 4.78 is 34.5. The second-order valence-electron chi connectivity index (χ2n) is 5.31. The van der Waals surface area contributed by atoms with Crippen LogP contribution in [0.15, 0.2) is 30.9 Å². The van der Waals surface area contributed by atoms with Crippen molar-refractivity contribution in [3.05, 3.63) is 36.4 Å². The maximum absolute atomic E-state index is 12.4. The molecule has 1 aromatic rings. The fraction of sp³-hybridized carbons (Fsp3) is 0.412. The van der Waals surface area contributed by atoms with Crippen LogP contribution in [0.4, 0.5) is 13.6 Å². The van der Waals surface area contributed by atoms with Crippen LogP contribution in [-0.2, 0) is 11.3 Å². The molecule has 1 aromatic carbocycles. The fourth-order valence-electron chi connectivity index (χ4n) is 2.10. The molecule has 3 amide bonds. The molecule has 0 saturated heterocycles. The summed E-state index contributed by atoms with van der Waals surface area (Å²) in [5.74, 6) is -0.325. The molecule has 144 valence electrons. The predicted molar refractivity (Wildman–Crippen MR) is 92.3 cm³/mol. The number of urea groups is 1. The summed E-state index contributed by atoms with van der Waals surface area (Å²) in [6.07, 6.45) is 1.49. The molecule has 0 fully saturated rings. The summed E-state index contributed by atoms with van der Waals surface area (Å²) >= 11 is 0. The van der Waals surface area contributed by atoms with Gasteiger partial charge in [0.1, 0.15) is 0 Å². The number of amides is 3. The van der Waals surface area contributed by atoms with Crippen molar-refractivity contribution >= 4 is 11.9 Å². The molecule has 0 aliphatic heterocycles. The van der Waals surface area contributed by atoms with Gasteiger partial charge in [-0.05, 0) is 31.7 Å². The molecule has 2 N–H and O–H groups in total. The van der Waals surface area contributed by atoms with Crippen molar-refractivity contribution in [2.75, 3.05) is 26.7 Å². The molecule has 0 bridgehead atoms. The predicted octanol–water partition coefficient (Wildman–Crippen LogP) is 2.13. The Hall–Kier alpha value is -2.68. The Kier molecular flexibility index (Phi) is 9.07. The smallest absolute Gasteiger partial charge is 0.387 e. The molecule has 9 heteroatoms. The lowest BCUT2D eigenvalue weighted by molar-refractivity contribution is -0.121. The van der Waals surface area contributed by atoms with Crippen LogP contribution in [0.5, 0.6) is 11.5 Å². The highest BCUT2D eigenvalue weighted by Gasteiger charge is 2.14. The standard InChI is InChI=1S/C17H23F2N3O4/c1-4-8-20-17(24)21-15(23)11-22(3)10-12-6-7-13(26-16(18)19)14(9-12)25-5-2/h4,6-7,9,16H,1,5,8,10-11H2,2-3H3,(H2,20,21,23,24). The maximum Gasteiger partial charge on any atom is 0.387 e. The van der Waals surface area contributed by atoms with Crippen LogP contribution < -0.4 is 20.1 Å². The lowest BCUT2D eigenvalue weighted by Gasteiger charge is -2.18. The zero-order valence-electron chi connectivity index (χ0n) is 14.8. The van der Waals surface area contributed by atoms with E-state index in [4.69, 9.17) is 4.74 Å². The van der Waals surface area contributed by atoms with Crippen molar-refractivity contribution in [3.63, 3.8) is 0 Å². The number of nitrogens with one attached hydrogen (secondary N) is 2. The zero-order valence-corrected chi connectivity index (χ0v) is 14.8. The van der Waals surface area contributed by atoms with Crippen LogP contribution in [0.3, 0.4) is 0 Å². The van der Waals surface area contributed by atoms with Crippen LogP contribution in [0.2, 0.25) is 0 Å². The lowest BCUT2D eigenvalue weighted by atomic mass is 10.2. The van der Waals surface area contributed by atoms with Crippen molar-refractivity contribution in [2.24, 2.45) is 0 Å². The van der Waals surface area contributed by atoms with Gasteiger partial charge in [0.05, 0.1) is 13.2 Å². The topological polar surface area (TPSA) is 79.9 Å². The molecule has 26 heavy (non-hydrogen) atoms. The lowest BCUT2D eigenvalue weighted by Crippen LogP contribution is -2.43. The van der Waals surface area contributed by atoms with Crippen LogP contribution in [0.25, 0.3) is 0 Å². The molecule has 0 spiro atoms. The number of rotatable bonds is 10. The van der Waals surface area contributed by atoms with Gasteiger partial charge in [0.15, 0.2) is 11.5 Å². The first kappa shape index (κ1) is 21.4. The molecule has 0 aliphatic carbocycles. The normalized spacial score (nSPS) is 10.5. The van der Waals surface area contributed by atoms with E-state index in [2.05, 4.69) is 21.9 Å². The minimum atomic E-state index is -2.95. The van der Waals surface area contributed by atoms with Crippen molar-refractivity contribution in [3.8, 4) is 11.5 Å². The molecule has 1 rings (SSSR count). The van der Waals surface area contributed by atoms with Crippen LogP contribution in [-0.4, -0.2) is 50.2 Å². The number of hydrogen-bond donors (Lipinski definition) is 2. The molecule has 0 aliphatic rings. The van der Waals surface area contributed by atoms with Gasteiger partial charge in [-0.25, -0.2) is 4.79 Å². The highest BCUT2D eigenvalue weighted by Crippen LogP contribution is 2.30. The summed E-state index contributed by atoms with van der Waals surface area (Å²) in [4.78, 5) is 24.8. The molecule has 0 aromatic heterocycles. The van der Waals surface area contributed by atoms with E-state index in [0.29, 0.717) is 13.2 Å². The summed E-state index contributed by atoms with van der Waals surface area (Å²) in [7, 11) is 1.69. The van der Waals surface area contributed by atoms with E-state index in [9.17, 15) is 18.4 Å². The average Bonchev–Trinajstić information content (AvgIpc) is 2.54. The monoisotopic (exact) mass is 371 g/mol. The van der Waals surface area contributed by atoms with Gasteiger partial charge >= 0.3 is 12.6 Å². The van der Waals surface area contributed by atoms with Gasteiger partial charge in [-0.1, -0.05) is 12.1 Å². The van der Waals surface area contributed by atoms with E-state index in [1.54, 1.807) is 31.0 Å². The van der Waals surface area contributed by atoms with Gasteiger partial charge in [-0.15, -0.1) is 6.58 Å². The van der Waals surface area contributed by atoms with Gasteiger partial charge in [0, 0.05) is 13.1 Å². The Balaban J connectivity index is 2.63. The molecule has 7 nitrogen and oxygen atoms in total. The summed E-state index contributed by atoms with van der Waals surface area (Å²) in [6.45, 7) is 3.10. The molecule has 0 atom stereocenters. The number of nitrogens with zero attached hydrogens (tertiary/aromatic N) is 1. The number of halogens is 2. The van der Waals surface area contributed by atoms with Crippen LogP contribution in [0.1, 0.15) is 12.5 Å². The maximum atomic E-state index is 12.4. The highest BCUT2D eigenvalue weighted by molar-refractivity contribution is 5.95. The number of likely N-dealkylation sites (N-methyl/N-ethyl adjacent to an activating group) is 1. The Bertz CT molecular complexity index is 626. The van der Waals surface area contributed by atoms with Gasteiger partial charge in [-0.3, -0.25) is 15.0 Å². The van der Waals surface area contributed by atoms with Gasteiger partial charge in [-0.2, -0.15) is 8.78 Å². The average molecular weight is 371 g/mol. The van der Waals surface area contributed by atoms with E-state index in [1.807, 2.05) is 0 Å². The minimum Gasteiger partial charge on any atom is -0.490 e. The molecule has 0 radical (unpaired) electrons. The van der Waals surface area contributed by atoms with Gasteiger partial charge < -0.3 is 14.8 Å². The second kappa shape index (κ2) is 11.0. The largest absolute Gasteiger partial charge is 0.490 e. The molecule has 0 heterocycles. The van der Waals surface area contributed by atoms with Gasteiger partial charge in [0.2, 0.25) is 5.91 Å². The number of hydrogen-bond acceptors (Lipinski definition) is 5. The number of alkyl halides is 2. The molecular formula is C17H23F2N3O4. The third-order valence-electron chi connectivity index (χ3n) is 3.05. The van der Waals surface area contributed by atoms with E-state index < -0.39 is 18.5 Å². The van der Waals surface area contributed by atoms with Crippen molar-refractivity contribution in [1.82, 2.24) is 15.5 Å². The number of benzene rings is 1. The SMILES string of the molecule is C=CCNC(=O)NC(=O)CN(C)Cc1ccc(OC(F)F)c(OCC)c1. The third kappa shape index (κ3) is 7.93. The fourth-order valence-corrected chi connectivity index (χ4v) is 2.10.